The van der Waals surface area contributed by atoms with Crippen molar-refractivity contribution in [1.29, 1.82) is 0 Å². The molecule has 1 aliphatic heterocycles. The molecule has 3 heterocycles. The van der Waals surface area contributed by atoms with Gasteiger partial charge in [-0.05, 0) is 67.4 Å². The van der Waals surface area contributed by atoms with Gasteiger partial charge in [0.2, 0.25) is 16.9 Å². The first-order chi connectivity index (χ1) is 22.3. The molecule has 0 radical (unpaired) electrons. The zero-order valence-corrected chi connectivity index (χ0v) is 26.9. The number of ether oxygens (including phenoxy) is 1. The Hall–Kier alpha value is -4.59. The molecule has 0 spiro atoms. The number of likely N-dealkylation sites (tertiary alicyclic amines) is 1. The number of aromatic nitrogens is 3. The quantitative estimate of drug-likeness (QED) is 0.174. The molecule has 5 aromatic rings. The van der Waals surface area contributed by atoms with E-state index in [1.807, 2.05) is 66.7 Å². The van der Waals surface area contributed by atoms with Gasteiger partial charge >= 0.3 is 0 Å². The number of nitrogens with zero attached hydrogens (tertiary/aromatic N) is 4. The van der Waals surface area contributed by atoms with Crippen molar-refractivity contribution < 1.29 is 22.7 Å². The van der Waals surface area contributed by atoms with Crippen molar-refractivity contribution in [3.05, 3.63) is 96.2 Å². The summed E-state index contributed by atoms with van der Waals surface area (Å²) in [5, 5.41) is 14.0. The number of rotatable bonds is 12. The van der Waals surface area contributed by atoms with Gasteiger partial charge in [-0.15, -0.1) is 10.2 Å². The van der Waals surface area contributed by atoms with Crippen molar-refractivity contribution in [2.75, 3.05) is 31.5 Å². The van der Waals surface area contributed by atoms with E-state index in [-0.39, 0.29) is 27.7 Å². The van der Waals surface area contributed by atoms with Gasteiger partial charge in [0.25, 0.3) is 14.4 Å². The molecule has 1 saturated heterocycles. The van der Waals surface area contributed by atoms with Crippen molar-refractivity contribution in [1.82, 2.24) is 24.4 Å². The summed E-state index contributed by atoms with van der Waals surface area (Å²) < 4.78 is 34.9. The Morgan fingerprint density at radius 3 is 2.48 bits per heavy atom. The molecule has 2 aromatic heterocycles. The third-order valence-electron chi connectivity index (χ3n) is 7.83. The molecular formula is C33H34N6O5S2. The van der Waals surface area contributed by atoms with Crippen LogP contribution >= 0.6 is 11.3 Å². The number of nitrogens with one attached hydrogen (secondary N) is 2. The summed E-state index contributed by atoms with van der Waals surface area (Å²) >= 11 is 0.771. The molecular weight excluding hydrogens is 625 g/mol. The predicted molar refractivity (Wildman–Crippen MR) is 177 cm³/mol. The van der Waals surface area contributed by atoms with Crippen LogP contribution in [0.15, 0.2) is 89.4 Å². The third-order valence-corrected chi connectivity index (χ3v) is 10.7. The molecule has 0 aliphatic carbocycles. The highest BCUT2D eigenvalue weighted by atomic mass is 32.2. The zero-order chi connectivity index (χ0) is 32.1. The van der Waals surface area contributed by atoms with Crippen LogP contribution in [-0.2, 0) is 19.6 Å². The summed E-state index contributed by atoms with van der Waals surface area (Å²) in [4.78, 5) is 27.3. The normalized spacial score (nSPS) is 14.3. The summed E-state index contributed by atoms with van der Waals surface area (Å²) in [5.74, 6) is 0.251. The van der Waals surface area contributed by atoms with Gasteiger partial charge in [-0.1, -0.05) is 59.9 Å². The predicted octanol–water partition coefficient (Wildman–Crippen LogP) is 5.21. The topological polar surface area (TPSA) is 136 Å². The average molecular weight is 659 g/mol. The van der Waals surface area contributed by atoms with Gasteiger partial charge in [0.05, 0.1) is 5.52 Å². The van der Waals surface area contributed by atoms with Gasteiger partial charge in [-0.2, -0.15) is 8.42 Å². The van der Waals surface area contributed by atoms with E-state index in [1.54, 1.807) is 18.3 Å². The number of carbonyl (C=O) groups is 2. The molecule has 0 saturated carbocycles. The maximum Gasteiger partial charge on any atom is 0.297 e. The Kier molecular flexibility index (Phi) is 9.43. The standard InChI is InChI=1S/C33H34N6O5S2/c1-23(40)35-32-36-37-33(45-32)46(42,43)39-22-29(27-14-5-6-15-30(27)39)28(21-31(41)34-16-19-38-17-7-8-18-38)24-10-9-13-26(20-24)44-25-11-3-2-4-12-25/h2-6,9-15,20,22,28H,7-8,16-19,21H2,1H3,(H,34,41)(H,35,36,40). The van der Waals surface area contributed by atoms with E-state index in [9.17, 15) is 18.0 Å². The summed E-state index contributed by atoms with van der Waals surface area (Å²) in [6.45, 7) is 4.72. The molecule has 3 aromatic carbocycles. The molecule has 2 N–H and O–H groups in total. The fourth-order valence-corrected chi connectivity index (χ4v) is 8.10. The molecule has 13 heteroatoms. The summed E-state index contributed by atoms with van der Waals surface area (Å²) in [5.41, 5.74) is 1.90. The Morgan fingerprint density at radius 2 is 1.70 bits per heavy atom. The first-order valence-electron chi connectivity index (χ1n) is 15.1. The smallest absolute Gasteiger partial charge is 0.297 e. The SMILES string of the molecule is CC(=O)Nc1nnc(S(=O)(=O)n2cc(C(CC(=O)NCCN3CCCC3)c3cccc(Oc4ccccc4)c3)c3ccccc32)s1. The number of hydrogen-bond donors (Lipinski definition) is 2. The van der Waals surface area contributed by atoms with Gasteiger partial charge in [0, 0.05) is 43.9 Å². The summed E-state index contributed by atoms with van der Waals surface area (Å²) in [6.07, 6.45) is 4.01. The van der Waals surface area contributed by atoms with Crippen molar-refractivity contribution in [2.24, 2.45) is 0 Å². The van der Waals surface area contributed by atoms with E-state index in [0.29, 0.717) is 34.5 Å². The number of hydrogen-bond acceptors (Lipinski definition) is 9. The van der Waals surface area contributed by atoms with E-state index in [2.05, 4.69) is 25.7 Å². The highest BCUT2D eigenvalue weighted by molar-refractivity contribution is 7.92. The molecule has 46 heavy (non-hydrogen) atoms. The molecule has 1 aliphatic rings. The molecule has 1 fully saturated rings. The van der Waals surface area contributed by atoms with Gasteiger partial charge in [0.15, 0.2) is 0 Å². The van der Waals surface area contributed by atoms with Crippen molar-refractivity contribution in [2.45, 2.75) is 36.4 Å². The van der Waals surface area contributed by atoms with Crippen molar-refractivity contribution in [3.8, 4) is 11.5 Å². The fourth-order valence-electron chi connectivity index (χ4n) is 5.70. The molecule has 11 nitrogen and oxygen atoms in total. The van der Waals surface area contributed by atoms with Crippen molar-refractivity contribution in [3.63, 3.8) is 0 Å². The minimum absolute atomic E-state index is 0.0847. The largest absolute Gasteiger partial charge is 0.457 e. The average Bonchev–Trinajstić information content (AvgIpc) is 3.82. The second-order valence-corrected chi connectivity index (χ2v) is 14.1. The van der Waals surface area contributed by atoms with E-state index in [4.69, 9.17) is 4.74 Å². The van der Waals surface area contributed by atoms with E-state index in [0.717, 1.165) is 36.5 Å². The molecule has 0 bridgehead atoms. The van der Waals surface area contributed by atoms with Crippen LogP contribution in [0.3, 0.4) is 0 Å². The first kappa shape index (κ1) is 31.4. The summed E-state index contributed by atoms with van der Waals surface area (Å²) in [6, 6.07) is 24.1. The Bertz CT molecular complexity index is 1950. The van der Waals surface area contributed by atoms with Gasteiger partial charge < -0.3 is 20.3 Å². The van der Waals surface area contributed by atoms with Crippen LogP contribution in [0.1, 0.15) is 43.2 Å². The lowest BCUT2D eigenvalue weighted by molar-refractivity contribution is -0.121. The molecule has 2 amide bonds. The van der Waals surface area contributed by atoms with Gasteiger partial charge in [-0.3, -0.25) is 9.59 Å². The number of amides is 2. The minimum Gasteiger partial charge on any atom is -0.457 e. The maximum atomic E-state index is 13.9. The lowest BCUT2D eigenvalue weighted by atomic mass is 9.88. The number of anilines is 1. The lowest BCUT2D eigenvalue weighted by Crippen LogP contribution is -2.34. The molecule has 1 atom stereocenters. The van der Waals surface area contributed by atoms with E-state index < -0.39 is 15.9 Å². The minimum atomic E-state index is -4.20. The maximum absolute atomic E-state index is 13.9. The van der Waals surface area contributed by atoms with Crippen LogP contribution in [-0.4, -0.2) is 65.5 Å². The second kappa shape index (κ2) is 13.8. The highest BCUT2D eigenvalue weighted by Crippen LogP contribution is 2.38. The fraction of sp³-hybridized carbons (Fsp3) is 0.273. The Balaban J connectivity index is 1.37. The monoisotopic (exact) mass is 658 g/mol. The number of benzene rings is 3. The van der Waals surface area contributed by atoms with E-state index in [1.165, 1.54) is 23.7 Å². The van der Waals surface area contributed by atoms with Crippen LogP contribution in [0.2, 0.25) is 0 Å². The Labute approximate surface area is 271 Å². The summed E-state index contributed by atoms with van der Waals surface area (Å²) in [7, 11) is -4.20. The van der Waals surface area contributed by atoms with Gasteiger partial charge in [0.1, 0.15) is 11.5 Å². The zero-order valence-electron chi connectivity index (χ0n) is 25.3. The van der Waals surface area contributed by atoms with E-state index >= 15 is 0 Å². The molecule has 238 valence electrons. The van der Waals surface area contributed by atoms with Crippen LogP contribution in [0.5, 0.6) is 11.5 Å². The number of fused-ring (bicyclic) bond motifs is 1. The number of carbonyl (C=O) groups excluding carboxylic acids is 2. The first-order valence-corrected chi connectivity index (χ1v) is 17.3. The van der Waals surface area contributed by atoms with Crippen LogP contribution in [0, 0.1) is 0 Å². The van der Waals surface area contributed by atoms with Crippen LogP contribution in [0.4, 0.5) is 5.13 Å². The lowest BCUT2D eigenvalue weighted by Gasteiger charge is -2.19. The second-order valence-electron chi connectivity index (χ2n) is 11.1. The molecule has 1 unspecified atom stereocenters. The highest BCUT2D eigenvalue weighted by Gasteiger charge is 2.29. The Morgan fingerprint density at radius 1 is 0.957 bits per heavy atom. The molecule has 6 rings (SSSR count). The third kappa shape index (κ3) is 7.11. The van der Waals surface area contributed by atoms with Crippen LogP contribution in [0.25, 0.3) is 10.9 Å². The van der Waals surface area contributed by atoms with Gasteiger partial charge in [-0.25, -0.2) is 3.97 Å². The number of para-hydroxylation sites is 2. The van der Waals surface area contributed by atoms with Crippen molar-refractivity contribution >= 4 is 49.2 Å². The van der Waals surface area contributed by atoms with Crippen LogP contribution < -0.4 is 15.4 Å².